The van der Waals surface area contributed by atoms with Crippen molar-refractivity contribution in [3.63, 3.8) is 0 Å². The van der Waals surface area contributed by atoms with E-state index in [2.05, 4.69) is 5.32 Å². The molecule has 0 saturated heterocycles. The first kappa shape index (κ1) is 15.9. The van der Waals surface area contributed by atoms with Crippen LogP contribution in [0.1, 0.15) is 31.2 Å². The van der Waals surface area contributed by atoms with Crippen LogP contribution in [0.4, 0.5) is 0 Å². The SMILES string of the molecule is COc1cc2c(cc1CNC(=O)[C@@H]1CCC[C@H](O)C1)OCCO2. The van der Waals surface area contributed by atoms with E-state index in [4.69, 9.17) is 14.2 Å². The van der Waals surface area contributed by atoms with Gasteiger partial charge in [0.1, 0.15) is 19.0 Å². The van der Waals surface area contributed by atoms with Crippen molar-refractivity contribution in [2.24, 2.45) is 5.92 Å². The number of methoxy groups -OCH3 is 1. The molecule has 1 amide bonds. The van der Waals surface area contributed by atoms with E-state index in [0.717, 1.165) is 24.8 Å². The highest BCUT2D eigenvalue weighted by Crippen LogP contribution is 2.36. The number of nitrogens with one attached hydrogen (secondary N) is 1. The van der Waals surface area contributed by atoms with Crippen molar-refractivity contribution in [2.75, 3.05) is 20.3 Å². The average Bonchev–Trinajstić information content (AvgIpc) is 2.58. The predicted molar refractivity (Wildman–Crippen MR) is 83.8 cm³/mol. The summed E-state index contributed by atoms with van der Waals surface area (Å²) in [5.74, 6) is 1.88. The van der Waals surface area contributed by atoms with Gasteiger partial charge in [0, 0.05) is 24.1 Å². The third kappa shape index (κ3) is 3.69. The minimum absolute atomic E-state index is 0.0132. The van der Waals surface area contributed by atoms with Crippen LogP contribution in [0.5, 0.6) is 17.2 Å². The van der Waals surface area contributed by atoms with Crippen molar-refractivity contribution >= 4 is 5.91 Å². The highest BCUT2D eigenvalue weighted by atomic mass is 16.6. The van der Waals surface area contributed by atoms with E-state index in [0.29, 0.717) is 43.4 Å². The molecule has 6 heteroatoms. The van der Waals surface area contributed by atoms with Gasteiger partial charge >= 0.3 is 0 Å². The largest absolute Gasteiger partial charge is 0.496 e. The summed E-state index contributed by atoms with van der Waals surface area (Å²) in [6.45, 7) is 1.41. The summed E-state index contributed by atoms with van der Waals surface area (Å²) < 4.78 is 16.5. The van der Waals surface area contributed by atoms with Crippen LogP contribution in [0.25, 0.3) is 0 Å². The van der Waals surface area contributed by atoms with E-state index in [1.165, 1.54) is 0 Å². The summed E-state index contributed by atoms with van der Waals surface area (Å²) in [4.78, 5) is 12.3. The number of fused-ring (bicyclic) bond motifs is 1. The van der Waals surface area contributed by atoms with Gasteiger partial charge in [-0.2, -0.15) is 0 Å². The summed E-state index contributed by atoms with van der Waals surface area (Å²) in [5.41, 5.74) is 0.849. The molecule has 1 saturated carbocycles. The van der Waals surface area contributed by atoms with E-state index in [-0.39, 0.29) is 17.9 Å². The van der Waals surface area contributed by atoms with E-state index in [9.17, 15) is 9.90 Å². The van der Waals surface area contributed by atoms with Crippen molar-refractivity contribution in [1.29, 1.82) is 0 Å². The van der Waals surface area contributed by atoms with Gasteiger partial charge in [-0.3, -0.25) is 4.79 Å². The monoisotopic (exact) mass is 321 g/mol. The molecule has 0 unspecified atom stereocenters. The van der Waals surface area contributed by atoms with Gasteiger partial charge in [-0.15, -0.1) is 0 Å². The minimum atomic E-state index is -0.358. The first-order valence-electron chi connectivity index (χ1n) is 8.09. The molecular weight excluding hydrogens is 298 g/mol. The number of hydrogen-bond acceptors (Lipinski definition) is 5. The maximum Gasteiger partial charge on any atom is 0.223 e. The lowest BCUT2D eigenvalue weighted by atomic mass is 9.86. The van der Waals surface area contributed by atoms with Crippen molar-refractivity contribution in [1.82, 2.24) is 5.32 Å². The lowest BCUT2D eigenvalue weighted by Crippen LogP contribution is -2.34. The summed E-state index contributed by atoms with van der Waals surface area (Å²) in [6.07, 6.45) is 2.71. The molecule has 1 aliphatic heterocycles. The van der Waals surface area contributed by atoms with Gasteiger partial charge in [0.15, 0.2) is 11.5 Å². The van der Waals surface area contributed by atoms with Crippen molar-refractivity contribution in [2.45, 2.75) is 38.3 Å². The predicted octanol–water partition coefficient (Wildman–Crippen LogP) is 1.63. The van der Waals surface area contributed by atoms with Gasteiger partial charge < -0.3 is 24.6 Å². The number of rotatable bonds is 4. The number of carbonyl (C=O) groups excluding carboxylic acids is 1. The second-order valence-electron chi connectivity index (χ2n) is 6.04. The first-order valence-corrected chi connectivity index (χ1v) is 8.09. The Labute approximate surface area is 135 Å². The topological polar surface area (TPSA) is 77.0 Å². The number of amides is 1. The van der Waals surface area contributed by atoms with Crippen LogP contribution in [0.3, 0.4) is 0 Å². The molecule has 1 fully saturated rings. The molecule has 1 aromatic carbocycles. The van der Waals surface area contributed by atoms with Crippen LogP contribution < -0.4 is 19.5 Å². The van der Waals surface area contributed by atoms with Crippen molar-refractivity contribution < 1.29 is 24.1 Å². The van der Waals surface area contributed by atoms with Crippen LogP contribution in [0.2, 0.25) is 0 Å². The maximum atomic E-state index is 12.3. The lowest BCUT2D eigenvalue weighted by Gasteiger charge is -2.25. The quantitative estimate of drug-likeness (QED) is 0.881. The first-order chi connectivity index (χ1) is 11.2. The smallest absolute Gasteiger partial charge is 0.223 e. The molecule has 0 spiro atoms. The fraction of sp³-hybridized carbons (Fsp3) is 0.588. The zero-order valence-electron chi connectivity index (χ0n) is 13.3. The average molecular weight is 321 g/mol. The molecule has 3 rings (SSSR count). The third-order valence-electron chi connectivity index (χ3n) is 4.42. The third-order valence-corrected chi connectivity index (χ3v) is 4.42. The second-order valence-corrected chi connectivity index (χ2v) is 6.04. The highest BCUT2D eigenvalue weighted by Gasteiger charge is 2.26. The van der Waals surface area contributed by atoms with Gasteiger partial charge in [-0.05, 0) is 25.3 Å². The summed E-state index contributed by atoms with van der Waals surface area (Å²) in [5, 5.41) is 12.6. The summed E-state index contributed by atoms with van der Waals surface area (Å²) >= 11 is 0. The number of carbonyl (C=O) groups is 1. The number of aliphatic hydroxyl groups excluding tert-OH is 1. The molecule has 23 heavy (non-hydrogen) atoms. The van der Waals surface area contributed by atoms with Gasteiger partial charge in [-0.25, -0.2) is 0 Å². The van der Waals surface area contributed by atoms with Crippen LogP contribution in [0, 0.1) is 5.92 Å². The lowest BCUT2D eigenvalue weighted by molar-refractivity contribution is -0.127. The van der Waals surface area contributed by atoms with Crippen molar-refractivity contribution in [3.05, 3.63) is 17.7 Å². The van der Waals surface area contributed by atoms with Crippen LogP contribution in [-0.2, 0) is 11.3 Å². The minimum Gasteiger partial charge on any atom is -0.496 e. The molecule has 6 nitrogen and oxygen atoms in total. The zero-order valence-corrected chi connectivity index (χ0v) is 13.3. The molecule has 2 N–H and O–H groups in total. The van der Waals surface area contributed by atoms with E-state index in [1.54, 1.807) is 13.2 Å². The molecule has 1 heterocycles. The fourth-order valence-corrected chi connectivity index (χ4v) is 3.17. The molecule has 1 aliphatic carbocycles. The van der Waals surface area contributed by atoms with E-state index in [1.807, 2.05) is 6.07 Å². The zero-order chi connectivity index (χ0) is 16.2. The van der Waals surface area contributed by atoms with Crippen LogP contribution >= 0.6 is 0 Å². The molecular formula is C17H23NO5. The Morgan fingerprint density at radius 2 is 2.04 bits per heavy atom. The highest BCUT2D eigenvalue weighted by molar-refractivity contribution is 5.78. The fourth-order valence-electron chi connectivity index (χ4n) is 3.17. The standard InChI is InChI=1S/C17H23NO5/c1-21-14-9-16-15(22-5-6-23-16)8-12(14)10-18-17(20)11-3-2-4-13(19)7-11/h8-9,11,13,19H,2-7,10H2,1H3,(H,18,20)/t11-,13+/m1/s1. The maximum absolute atomic E-state index is 12.3. The molecule has 0 bridgehead atoms. The Kier molecular flexibility index (Phi) is 4.91. The molecule has 0 radical (unpaired) electrons. The Bertz CT molecular complexity index is 574. The van der Waals surface area contributed by atoms with E-state index < -0.39 is 0 Å². The molecule has 0 aromatic heterocycles. The molecule has 1 aromatic rings. The van der Waals surface area contributed by atoms with Gasteiger partial charge in [0.2, 0.25) is 5.91 Å². The van der Waals surface area contributed by atoms with Gasteiger partial charge in [-0.1, -0.05) is 6.42 Å². The Morgan fingerprint density at radius 3 is 2.74 bits per heavy atom. The number of ether oxygens (including phenoxy) is 3. The number of hydrogen-bond donors (Lipinski definition) is 2. The van der Waals surface area contributed by atoms with E-state index >= 15 is 0 Å². The van der Waals surface area contributed by atoms with Crippen LogP contribution in [-0.4, -0.2) is 37.4 Å². The summed E-state index contributed by atoms with van der Waals surface area (Å²) in [7, 11) is 1.59. The van der Waals surface area contributed by atoms with Gasteiger partial charge in [0.25, 0.3) is 0 Å². The Hall–Kier alpha value is -1.95. The normalized spacial score (nSPS) is 23.2. The van der Waals surface area contributed by atoms with Crippen molar-refractivity contribution in [3.8, 4) is 17.2 Å². The van der Waals surface area contributed by atoms with Crippen LogP contribution in [0.15, 0.2) is 12.1 Å². The van der Waals surface area contributed by atoms with Gasteiger partial charge in [0.05, 0.1) is 13.2 Å². The second kappa shape index (κ2) is 7.08. The molecule has 126 valence electrons. The Morgan fingerprint density at radius 1 is 1.30 bits per heavy atom. The Balaban J connectivity index is 1.66. The number of aliphatic hydroxyl groups is 1. The molecule has 2 aliphatic rings. The summed E-state index contributed by atoms with van der Waals surface area (Å²) in [6, 6.07) is 3.64. The molecule has 2 atom stereocenters. The number of benzene rings is 1.